The van der Waals surface area contributed by atoms with Crippen molar-refractivity contribution in [2.75, 3.05) is 54.3 Å². The summed E-state index contributed by atoms with van der Waals surface area (Å²) in [6.45, 7) is 18.4. The van der Waals surface area contributed by atoms with Crippen LogP contribution in [0.5, 0.6) is 0 Å². The van der Waals surface area contributed by atoms with Gasteiger partial charge in [0.2, 0.25) is 46.0 Å². The summed E-state index contributed by atoms with van der Waals surface area (Å²) in [7, 11) is -2.74. The highest BCUT2D eigenvalue weighted by atomic mass is 32.2. The predicted octanol–water partition coefficient (Wildman–Crippen LogP) is 2.18. The van der Waals surface area contributed by atoms with E-state index in [-0.39, 0.29) is 34.1 Å². The van der Waals surface area contributed by atoms with Gasteiger partial charge in [0.25, 0.3) is 0 Å². The molecule has 0 aromatic carbocycles. The zero-order valence-corrected chi connectivity index (χ0v) is 39.8. The quantitative estimate of drug-likeness (QED) is 0.140. The molecule has 56 heavy (non-hydrogen) atoms. The maximum Gasteiger partial charge on any atom is 0.314 e. The van der Waals surface area contributed by atoms with Crippen LogP contribution in [0, 0.1) is 11.8 Å². The molecular formula is C34H77N7O11S4. The van der Waals surface area contributed by atoms with Crippen LogP contribution in [0.15, 0.2) is 12.2 Å². The molecule has 18 nitrogen and oxygen atoms in total. The van der Waals surface area contributed by atoms with Crippen molar-refractivity contribution >= 4 is 57.8 Å². The maximum atomic E-state index is 10.7. The summed E-state index contributed by atoms with van der Waals surface area (Å²) >= 11 is 0. The highest BCUT2D eigenvalue weighted by Crippen LogP contribution is 2.28. The fourth-order valence-electron chi connectivity index (χ4n) is 2.37. The Morgan fingerprint density at radius 3 is 1.18 bits per heavy atom. The molecule has 0 aliphatic heterocycles. The number of hydrogen-bond acceptors (Lipinski definition) is 11. The maximum absolute atomic E-state index is 10.7. The number of Topliss-reactive ketones (excluding diaryl/α,β-unsaturated/α-hetero) is 1. The number of ketones is 1. The Labute approximate surface area is 340 Å². The topological polar surface area (TPSA) is 272 Å². The number of allylic oxidation sites excluding steroid dienone is 1. The summed E-state index contributed by atoms with van der Waals surface area (Å²) in [6, 6.07) is 0.405. The SMILES string of the molecule is C=C(C)CC.CCC(=O)C(C)C.CCS(=O)(=O)NC.CNC(=O)C1CC1.CNC(=O)NC1CC1.CNS(=O)(=O)C(C)C.CNS(=O)(=O)C1CC1.CNS(C)(=O)=O. The first-order chi connectivity index (χ1) is 25.5. The number of carbonyl (C=O) groups excluding carboxylic acids is 3. The van der Waals surface area contributed by atoms with Gasteiger partial charge in [0.05, 0.1) is 22.5 Å². The molecule has 0 saturated heterocycles. The van der Waals surface area contributed by atoms with Gasteiger partial charge in [0, 0.05) is 38.4 Å². The molecule has 3 saturated carbocycles. The molecule has 3 rings (SSSR count). The van der Waals surface area contributed by atoms with E-state index in [2.05, 4.69) is 48.3 Å². The first-order valence-electron chi connectivity index (χ1n) is 18.5. The third-order valence-corrected chi connectivity index (χ3v) is 13.0. The first kappa shape index (κ1) is 63.0. The largest absolute Gasteiger partial charge is 0.359 e. The Bertz CT molecular complexity index is 1470. The van der Waals surface area contributed by atoms with Gasteiger partial charge in [-0.3, -0.25) is 9.59 Å². The first-order valence-corrected chi connectivity index (χ1v) is 25.1. The van der Waals surface area contributed by atoms with Crippen LogP contribution < -0.4 is 34.8 Å². The van der Waals surface area contributed by atoms with E-state index < -0.39 is 40.1 Å². The van der Waals surface area contributed by atoms with Gasteiger partial charge in [0.15, 0.2) is 0 Å². The van der Waals surface area contributed by atoms with E-state index in [1.54, 1.807) is 34.9 Å². The molecular weight excluding hydrogens is 811 g/mol. The molecule has 0 atom stereocenters. The summed E-state index contributed by atoms with van der Waals surface area (Å²) in [5.41, 5.74) is 1.25. The number of nitrogens with one attached hydrogen (secondary N) is 7. The molecule has 0 bridgehead atoms. The summed E-state index contributed by atoms with van der Waals surface area (Å²) in [5, 5.41) is 7.42. The molecule has 0 radical (unpaired) electrons. The monoisotopic (exact) mass is 887 g/mol. The molecule has 3 aliphatic rings. The Hall–Kier alpha value is -2.21. The average Bonchev–Trinajstić information content (AvgIpc) is 3.97. The highest BCUT2D eigenvalue weighted by molar-refractivity contribution is 7.90. The molecule has 338 valence electrons. The van der Waals surface area contributed by atoms with Crippen LogP contribution in [0.4, 0.5) is 4.79 Å². The molecule has 0 unspecified atom stereocenters. The van der Waals surface area contributed by atoms with Crippen molar-refractivity contribution in [3.05, 3.63) is 12.2 Å². The van der Waals surface area contributed by atoms with E-state index >= 15 is 0 Å². The lowest BCUT2D eigenvalue weighted by Gasteiger charge is -2.02. The van der Waals surface area contributed by atoms with Crippen molar-refractivity contribution in [1.29, 1.82) is 0 Å². The van der Waals surface area contributed by atoms with Gasteiger partial charge in [-0.15, -0.1) is 6.58 Å². The number of carbonyl (C=O) groups is 3. The van der Waals surface area contributed by atoms with Gasteiger partial charge in [-0.25, -0.2) is 57.4 Å². The Balaban J connectivity index is -0.000000178. The van der Waals surface area contributed by atoms with Crippen molar-refractivity contribution in [3.8, 4) is 0 Å². The second-order valence-corrected chi connectivity index (χ2v) is 21.8. The number of rotatable bonds is 12. The van der Waals surface area contributed by atoms with Crippen LogP contribution in [0.2, 0.25) is 0 Å². The van der Waals surface area contributed by atoms with Crippen LogP contribution in [-0.2, 0) is 49.7 Å². The minimum absolute atomic E-state index is 0.0625. The van der Waals surface area contributed by atoms with Crippen LogP contribution in [0.25, 0.3) is 0 Å². The molecule has 0 aromatic heterocycles. The third-order valence-electron chi connectivity index (χ3n) is 7.14. The predicted molar refractivity (Wildman–Crippen MR) is 229 cm³/mol. The van der Waals surface area contributed by atoms with Gasteiger partial charge in [-0.05, 0) is 101 Å². The summed E-state index contributed by atoms with van der Waals surface area (Å²) in [5.74, 6) is 1.30. The van der Waals surface area contributed by atoms with Gasteiger partial charge >= 0.3 is 6.03 Å². The van der Waals surface area contributed by atoms with Gasteiger partial charge in [0.1, 0.15) is 5.78 Å². The molecule has 0 aromatic rings. The van der Waals surface area contributed by atoms with Crippen molar-refractivity contribution in [2.24, 2.45) is 11.8 Å². The van der Waals surface area contributed by atoms with Gasteiger partial charge in [-0.1, -0.05) is 33.3 Å². The van der Waals surface area contributed by atoms with Crippen molar-refractivity contribution < 1.29 is 48.1 Å². The molecule has 3 aliphatic carbocycles. The Morgan fingerprint density at radius 2 is 1.09 bits per heavy atom. The molecule has 0 spiro atoms. The number of amides is 3. The molecule has 0 heterocycles. The summed E-state index contributed by atoms with van der Waals surface area (Å²) in [4.78, 5) is 31.4. The van der Waals surface area contributed by atoms with E-state index in [1.807, 2.05) is 27.7 Å². The Kier molecular flexibility index (Phi) is 37.9. The van der Waals surface area contributed by atoms with E-state index in [0.717, 1.165) is 51.2 Å². The fraction of sp³-hybridized carbons (Fsp3) is 0.853. The lowest BCUT2D eigenvalue weighted by Crippen LogP contribution is -2.34. The second-order valence-electron chi connectivity index (χ2n) is 13.0. The van der Waals surface area contributed by atoms with E-state index in [9.17, 15) is 48.1 Å². The average molecular weight is 888 g/mol. The van der Waals surface area contributed by atoms with Crippen LogP contribution >= 0.6 is 0 Å². The minimum Gasteiger partial charge on any atom is -0.359 e. The molecule has 3 amide bonds. The van der Waals surface area contributed by atoms with E-state index in [1.165, 1.54) is 33.8 Å². The number of hydrogen-bond donors (Lipinski definition) is 7. The van der Waals surface area contributed by atoms with Crippen molar-refractivity contribution in [1.82, 2.24) is 34.8 Å². The van der Waals surface area contributed by atoms with E-state index in [4.69, 9.17) is 0 Å². The van der Waals surface area contributed by atoms with Crippen molar-refractivity contribution in [3.63, 3.8) is 0 Å². The van der Waals surface area contributed by atoms with Crippen LogP contribution in [0.3, 0.4) is 0 Å². The van der Waals surface area contributed by atoms with Gasteiger partial charge < -0.3 is 16.0 Å². The normalized spacial score (nSPS) is 14.3. The lowest BCUT2D eigenvalue weighted by atomic mass is 10.1. The molecule has 3 fully saturated rings. The Morgan fingerprint density at radius 1 is 0.661 bits per heavy atom. The summed E-state index contributed by atoms with van der Waals surface area (Å²) in [6.07, 6.45) is 9.05. The molecule has 22 heteroatoms. The van der Waals surface area contributed by atoms with E-state index in [0.29, 0.717) is 24.2 Å². The number of urea groups is 1. The van der Waals surface area contributed by atoms with Crippen LogP contribution in [0.1, 0.15) is 107 Å². The number of sulfonamides is 4. The van der Waals surface area contributed by atoms with Crippen LogP contribution in [-0.4, -0.2) is 122 Å². The minimum atomic E-state index is -2.99. The molecule has 7 N–H and O–H groups in total. The zero-order valence-electron chi connectivity index (χ0n) is 36.6. The second kappa shape index (κ2) is 33.7. The standard InChI is InChI=1S/C6H12O.C5H10N2O.C5H9NO.C5H10.C4H9NO2S.C4H11NO2S.C3H9NO2S.C2H7NO2S/c1-4-6(7)5(2)3;1-6-5(8)7-4-2-3-4;1-6-5(7)4-2-3-4;1-4-5(2)3;1-5-8(6,7)4-2-3-4;1-4(2)8(6,7)5-3;1-3-7(5,6)4-2;1-3-6(2,4)5/h5H,4H2,1-3H3;4H,2-3H2,1H3,(H2,6,7,8);4H,2-3H2,1H3,(H,6,7);2,4H2,1,3H3;4-5H,2-3H2,1H3;4-5H,1-3H3;4H,3H2,1-2H3;3H,1-2H3. The van der Waals surface area contributed by atoms with Gasteiger partial charge in [-0.2, -0.15) is 0 Å². The lowest BCUT2D eigenvalue weighted by molar-refractivity contribution is -0.122. The highest BCUT2D eigenvalue weighted by Gasteiger charge is 2.34. The zero-order chi connectivity index (χ0) is 45.5. The summed E-state index contributed by atoms with van der Waals surface area (Å²) < 4.78 is 91.5. The smallest absolute Gasteiger partial charge is 0.314 e. The third kappa shape index (κ3) is 46.2. The van der Waals surface area contributed by atoms with Crippen molar-refractivity contribution in [2.45, 2.75) is 123 Å². The fourth-order valence-corrected chi connectivity index (χ4v) is 4.22.